The zero-order valence-electron chi connectivity index (χ0n) is 16.4. The minimum Gasteiger partial charge on any atom is -0.368 e. The van der Waals surface area contributed by atoms with Crippen LogP contribution in [0.4, 0.5) is 15.0 Å². The molecule has 2 aliphatic carbocycles. The molecule has 29 heavy (non-hydrogen) atoms. The van der Waals surface area contributed by atoms with Gasteiger partial charge < -0.3 is 16.4 Å². The Morgan fingerprint density at radius 3 is 2.55 bits per heavy atom. The highest BCUT2D eigenvalue weighted by Gasteiger charge is 2.41. The van der Waals surface area contributed by atoms with Crippen LogP contribution in [0.15, 0.2) is 30.5 Å². The smallest absolute Gasteiger partial charge is 0.312 e. The van der Waals surface area contributed by atoms with E-state index < -0.39 is 6.03 Å². The number of nitrogens with one attached hydrogen (secondary N) is 2. The van der Waals surface area contributed by atoms with E-state index in [2.05, 4.69) is 25.8 Å². The van der Waals surface area contributed by atoms with Gasteiger partial charge in [0.2, 0.25) is 0 Å². The van der Waals surface area contributed by atoms with Crippen LogP contribution in [0.3, 0.4) is 0 Å². The molecule has 8 heteroatoms. The molecule has 0 aliphatic heterocycles. The molecule has 2 heterocycles. The van der Waals surface area contributed by atoms with Gasteiger partial charge in [-0.05, 0) is 62.8 Å². The lowest BCUT2D eigenvalue weighted by molar-refractivity contribution is 0.239. The molecule has 4 rings (SSSR count). The summed E-state index contributed by atoms with van der Waals surface area (Å²) in [6.07, 6.45) is 8.27. The van der Waals surface area contributed by atoms with Crippen molar-refractivity contribution in [1.29, 1.82) is 0 Å². The predicted octanol–water partition coefficient (Wildman–Crippen LogP) is 3.24. The van der Waals surface area contributed by atoms with Crippen LogP contribution < -0.4 is 16.4 Å². The topological polar surface area (TPSA) is 106 Å². The highest BCUT2D eigenvalue weighted by molar-refractivity contribution is 5.71. The van der Waals surface area contributed by atoms with E-state index in [1.165, 1.54) is 6.07 Å². The Balaban J connectivity index is 1.34. The average molecular weight is 398 g/mol. The average Bonchev–Trinajstić information content (AvgIpc) is 2.69. The summed E-state index contributed by atoms with van der Waals surface area (Å²) in [6, 6.07) is 6.75. The summed E-state index contributed by atoms with van der Waals surface area (Å²) in [6.45, 7) is 0.596. The molecule has 2 aliphatic rings. The van der Waals surface area contributed by atoms with Gasteiger partial charge in [0, 0.05) is 30.1 Å². The third-order valence-electron chi connectivity index (χ3n) is 6.36. The van der Waals surface area contributed by atoms with Gasteiger partial charge >= 0.3 is 6.03 Å². The third kappa shape index (κ3) is 4.31. The van der Waals surface area contributed by atoms with Crippen molar-refractivity contribution in [3.63, 3.8) is 0 Å². The normalized spacial score (nSPS) is 23.1. The number of amides is 2. The SMILES string of the molecule is NC(=O)NC1CCC(c2ccc(NCC3(c4ncccc4F)CCC3)nn2)CC1. The van der Waals surface area contributed by atoms with Gasteiger partial charge in [-0.2, -0.15) is 5.10 Å². The van der Waals surface area contributed by atoms with Gasteiger partial charge in [-0.15, -0.1) is 5.10 Å². The van der Waals surface area contributed by atoms with Crippen LogP contribution in [0.5, 0.6) is 0 Å². The highest BCUT2D eigenvalue weighted by Crippen LogP contribution is 2.43. The molecule has 7 nitrogen and oxygen atoms in total. The minimum absolute atomic E-state index is 0.156. The lowest BCUT2D eigenvalue weighted by Crippen LogP contribution is -2.42. The molecule has 0 bridgehead atoms. The number of anilines is 1. The van der Waals surface area contributed by atoms with E-state index in [4.69, 9.17) is 5.73 Å². The number of urea groups is 1. The van der Waals surface area contributed by atoms with E-state index in [9.17, 15) is 9.18 Å². The number of nitrogens with zero attached hydrogens (tertiary/aromatic N) is 3. The summed E-state index contributed by atoms with van der Waals surface area (Å²) in [5.74, 6) is 0.806. The number of aromatic nitrogens is 3. The molecule has 2 aromatic rings. The molecule has 154 valence electrons. The van der Waals surface area contributed by atoms with E-state index in [-0.39, 0.29) is 17.3 Å². The Hall–Kier alpha value is -2.77. The van der Waals surface area contributed by atoms with Gasteiger partial charge in [-0.1, -0.05) is 6.42 Å². The fourth-order valence-corrected chi connectivity index (χ4v) is 4.53. The summed E-state index contributed by atoms with van der Waals surface area (Å²) in [5, 5.41) is 14.9. The van der Waals surface area contributed by atoms with Crippen molar-refractivity contribution >= 4 is 11.8 Å². The first-order chi connectivity index (χ1) is 14.1. The zero-order valence-corrected chi connectivity index (χ0v) is 16.4. The Bertz CT molecular complexity index is 847. The van der Waals surface area contributed by atoms with Crippen LogP contribution in [0.1, 0.15) is 62.3 Å². The van der Waals surface area contributed by atoms with Crippen LogP contribution in [-0.2, 0) is 5.41 Å². The van der Waals surface area contributed by atoms with E-state index in [1.54, 1.807) is 12.3 Å². The summed E-state index contributed by atoms with van der Waals surface area (Å²) in [4.78, 5) is 15.3. The number of nitrogens with two attached hydrogens (primary N) is 1. The van der Waals surface area contributed by atoms with Crippen LogP contribution in [0.2, 0.25) is 0 Å². The Morgan fingerprint density at radius 1 is 1.17 bits per heavy atom. The van der Waals surface area contributed by atoms with E-state index in [1.807, 2.05) is 12.1 Å². The molecule has 0 radical (unpaired) electrons. The molecule has 4 N–H and O–H groups in total. The Labute approximate surface area is 169 Å². The molecule has 2 saturated carbocycles. The van der Waals surface area contributed by atoms with Crippen molar-refractivity contribution in [3.05, 3.63) is 47.7 Å². The van der Waals surface area contributed by atoms with Crippen LogP contribution in [0, 0.1) is 5.82 Å². The first-order valence-electron chi connectivity index (χ1n) is 10.3. The molecule has 2 fully saturated rings. The largest absolute Gasteiger partial charge is 0.368 e. The van der Waals surface area contributed by atoms with Gasteiger partial charge in [-0.3, -0.25) is 4.98 Å². The molecule has 0 spiro atoms. The van der Waals surface area contributed by atoms with Crippen LogP contribution in [-0.4, -0.2) is 33.8 Å². The Morgan fingerprint density at radius 2 is 1.97 bits per heavy atom. The maximum absolute atomic E-state index is 14.2. The van der Waals surface area contributed by atoms with Crippen molar-refractivity contribution in [2.75, 3.05) is 11.9 Å². The van der Waals surface area contributed by atoms with Gasteiger partial charge in [0.15, 0.2) is 0 Å². The van der Waals surface area contributed by atoms with Crippen LogP contribution >= 0.6 is 0 Å². The molecule has 2 amide bonds. The van der Waals surface area contributed by atoms with Gasteiger partial charge in [0.1, 0.15) is 11.6 Å². The molecule has 2 aromatic heterocycles. The van der Waals surface area contributed by atoms with Crippen LogP contribution in [0.25, 0.3) is 0 Å². The predicted molar refractivity (Wildman–Crippen MR) is 108 cm³/mol. The maximum Gasteiger partial charge on any atom is 0.312 e. The summed E-state index contributed by atoms with van der Waals surface area (Å²) in [7, 11) is 0. The first-order valence-corrected chi connectivity index (χ1v) is 10.3. The fraction of sp³-hybridized carbons (Fsp3) is 0.524. The fourth-order valence-electron chi connectivity index (χ4n) is 4.53. The number of pyridine rings is 1. The van der Waals surface area contributed by atoms with Gasteiger partial charge in [-0.25, -0.2) is 9.18 Å². The summed E-state index contributed by atoms with van der Waals surface area (Å²) >= 11 is 0. The van der Waals surface area contributed by atoms with E-state index in [0.717, 1.165) is 50.6 Å². The van der Waals surface area contributed by atoms with Crippen molar-refractivity contribution in [2.24, 2.45) is 5.73 Å². The number of primary amides is 1. The quantitative estimate of drug-likeness (QED) is 0.693. The third-order valence-corrected chi connectivity index (χ3v) is 6.36. The second kappa shape index (κ2) is 8.31. The van der Waals surface area contributed by atoms with Gasteiger partial charge in [0.25, 0.3) is 0 Å². The molecule has 0 aromatic carbocycles. The Kier molecular flexibility index (Phi) is 5.60. The minimum atomic E-state index is -0.460. The van der Waals surface area contributed by atoms with E-state index in [0.29, 0.717) is 24.0 Å². The number of rotatable bonds is 6. The monoisotopic (exact) mass is 398 g/mol. The molecule has 0 atom stereocenters. The lowest BCUT2D eigenvalue weighted by Gasteiger charge is -2.41. The number of carbonyl (C=O) groups excluding carboxylic acids is 1. The standard InChI is InChI=1S/C21H27FN6O/c22-16-3-1-12-24-19(16)21(10-2-11-21)13-25-18-9-8-17(27-28-18)14-4-6-15(7-5-14)26-20(23)29/h1,3,8-9,12,14-15H,2,4-7,10-11,13H2,(H,25,28)(H3,23,26,29). The molecule has 0 saturated heterocycles. The van der Waals surface area contributed by atoms with Crippen molar-refractivity contribution < 1.29 is 9.18 Å². The van der Waals surface area contributed by atoms with Crippen molar-refractivity contribution in [1.82, 2.24) is 20.5 Å². The first kappa shape index (κ1) is 19.5. The lowest BCUT2D eigenvalue weighted by atomic mass is 9.66. The second-order valence-electron chi connectivity index (χ2n) is 8.22. The number of carbonyl (C=O) groups is 1. The van der Waals surface area contributed by atoms with Crippen molar-refractivity contribution in [3.8, 4) is 0 Å². The highest BCUT2D eigenvalue weighted by atomic mass is 19.1. The number of hydrogen-bond acceptors (Lipinski definition) is 5. The molecular weight excluding hydrogens is 371 g/mol. The zero-order chi connectivity index (χ0) is 20.3. The number of halogens is 1. The molecule has 0 unspecified atom stereocenters. The summed E-state index contributed by atoms with van der Waals surface area (Å²) < 4.78 is 14.2. The number of hydrogen-bond donors (Lipinski definition) is 3. The summed E-state index contributed by atoms with van der Waals surface area (Å²) in [5.41, 5.74) is 6.45. The maximum atomic E-state index is 14.2. The van der Waals surface area contributed by atoms with Crippen molar-refractivity contribution in [2.45, 2.75) is 62.3 Å². The molecular formula is C21H27FN6O. The van der Waals surface area contributed by atoms with Gasteiger partial charge in [0.05, 0.1) is 11.4 Å². The second-order valence-corrected chi connectivity index (χ2v) is 8.22. The van der Waals surface area contributed by atoms with E-state index >= 15 is 0 Å².